The lowest BCUT2D eigenvalue weighted by Gasteiger charge is -2.26. The summed E-state index contributed by atoms with van der Waals surface area (Å²) in [6.07, 6.45) is 3.67. The monoisotopic (exact) mass is 263 g/mol. The summed E-state index contributed by atoms with van der Waals surface area (Å²) in [7, 11) is 0. The fraction of sp³-hybridized carbons (Fsp3) is 0.600. The number of hydrogen-bond acceptors (Lipinski definition) is 4. The zero-order chi connectivity index (χ0) is 13.7. The van der Waals surface area contributed by atoms with Crippen molar-refractivity contribution in [1.82, 2.24) is 4.98 Å². The lowest BCUT2D eigenvalue weighted by Crippen LogP contribution is -2.23. The molecule has 0 amide bonds. The number of ether oxygens (including phenoxy) is 1. The average Bonchev–Trinajstić information content (AvgIpc) is 2.48. The van der Waals surface area contributed by atoms with E-state index in [0.29, 0.717) is 18.2 Å². The van der Waals surface area contributed by atoms with E-state index in [9.17, 15) is 4.79 Å². The Kier molecular flexibility index (Phi) is 4.91. The van der Waals surface area contributed by atoms with Crippen molar-refractivity contribution in [2.75, 3.05) is 6.61 Å². The van der Waals surface area contributed by atoms with Crippen LogP contribution in [0.15, 0.2) is 18.2 Å². The largest absolute Gasteiger partial charge is 0.466 e. The summed E-state index contributed by atoms with van der Waals surface area (Å²) in [6, 6.07) is 5.77. The summed E-state index contributed by atoms with van der Waals surface area (Å²) >= 11 is 0. The van der Waals surface area contributed by atoms with Gasteiger partial charge in [0.2, 0.25) is 0 Å². The molecule has 0 radical (unpaired) electrons. The minimum Gasteiger partial charge on any atom is -0.466 e. The molecule has 0 spiro atoms. The van der Waals surface area contributed by atoms with Crippen LogP contribution in [0.2, 0.25) is 0 Å². The Morgan fingerprint density at radius 1 is 1.37 bits per heavy atom. The molecule has 0 atom stereocenters. The van der Waals surface area contributed by atoms with Crippen molar-refractivity contribution in [3.05, 3.63) is 29.6 Å². The molecule has 1 saturated carbocycles. The van der Waals surface area contributed by atoms with Crippen LogP contribution >= 0.6 is 0 Å². The van der Waals surface area contributed by atoms with Gasteiger partial charge in [0.25, 0.3) is 0 Å². The summed E-state index contributed by atoms with van der Waals surface area (Å²) in [6.45, 7) is 2.28. The van der Waals surface area contributed by atoms with E-state index in [1.54, 1.807) is 0 Å². The van der Waals surface area contributed by atoms with Gasteiger partial charge in [0.05, 0.1) is 24.8 Å². The van der Waals surface area contributed by atoms with Crippen LogP contribution in [-0.2, 0) is 16.1 Å². The third-order valence-corrected chi connectivity index (χ3v) is 3.76. The minimum absolute atomic E-state index is 0.0218. The molecule has 1 N–H and O–H groups in total. The third kappa shape index (κ3) is 3.53. The van der Waals surface area contributed by atoms with Crippen molar-refractivity contribution < 1.29 is 14.6 Å². The third-order valence-electron chi connectivity index (χ3n) is 3.76. The van der Waals surface area contributed by atoms with Crippen LogP contribution in [-0.4, -0.2) is 22.7 Å². The molecule has 0 aliphatic heterocycles. The summed E-state index contributed by atoms with van der Waals surface area (Å²) < 4.78 is 5.07. The molecular weight excluding hydrogens is 242 g/mol. The highest BCUT2D eigenvalue weighted by molar-refractivity contribution is 5.72. The van der Waals surface area contributed by atoms with Crippen molar-refractivity contribution in [3.63, 3.8) is 0 Å². The highest BCUT2D eigenvalue weighted by atomic mass is 16.5. The SMILES string of the molecule is CCOC(=O)C1CCC(c2cccc(CO)n2)CC1. The molecule has 1 fully saturated rings. The molecule has 1 heterocycles. The smallest absolute Gasteiger partial charge is 0.308 e. The number of carbonyl (C=O) groups excluding carboxylic acids is 1. The number of aliphatic hydroxyl groups excluding tert-OH is 1. The van der Waals surface area contributed by atoms with E-state index < -0.39 is 0 Å². The molecule has 19 heavy (non-hydrogen) atoms. The molecular formula is C15H21NO3. The number of rotatable bonds is 4. The van der Waals surface area contributed by atoms with E-state index >= 15 is 0 Å². The lowest BCUT2D eigenvalue weighted by atomic mass is 9.80. The molecule has 0 unspecified atom stereocenters. The summed E-state index contributed by atoms with van der Waals surface area (Å²) in [5, 5.41) is 9.11. The number of nitrogens with zero attached hydrogens (tertiary/aromatic N) is 1. The van der Waals surface area contributed by atoms with E-state index in [4.69, 9.17) is 9.84 Å². The van der Waals surface area contributed by atoms with Gasteiger partial charge in [-0.25, -0.2) is 0 Å². The molecule has 1 aliphatic carbocycles. The zero-order valence-corrected chi connectivity index (χ0v) is 11.3. The Balaban J connectivity index is 1.94. The number of pyridine rings is 1. The molecule has 4 heteroatoms. The van der Waals surface area contributed by atoms with Gasteiger partial charge in [-0.1, -0.05) is 6.07 Å². The average molecular weight is 263 g/mol. The fourth-order valence-corrected chi connectivity index (χ4v) is 2.70. The molecule has 0 bridgehead atoms. The van der Waals surface area contributed by atoms with Gasteiger partial charge in [-0.3, -0.25) is 9.78 Å². The maximum Gasteiger partial charge on any atom is 0.308 e. The number of esters is 1. The van der Waals surface area contributed by atoms with Crippen molar-refractivity contribution in [2.24, 2.45) is 5.92 Å². The second-order valence-corrected chi connectivity index (χ2v) is 5.01. The van der Waals surface area contributed by atoms with Crippen LogP contribution in [0.25, 0.3) is 0 Å². The topological polar surface area (TPSA) is 59.4 Å². The first-order chi connectivity index (χ1) is 9.24. The fourth-order valence-electron chi connectivity index (χ4n) is 2.70. The molecule has 0 saturated heterocycles. The van der Waals surface area contributed by atoms with E-state index in [1.165, 1.54) is 0 Å². The first-order valence-electron chi connectivity index (χ1n) is 6.98. The maximum atomic E-state index is 11.7. The van der Waals surface area contributed by atoms with E-state index in [-0.39, 0.29) is 18.5 Å². The molecule has 1 aromatic rings. The van der Waals surface area contributed by atoms with Crippen molar-refractivity contribution >= 4 is 5.97 Å². The van der Waals surface area contributed by atoms with Crippen LogP contribution in [0.3, 0.4) is 0 Å². The Morgan fingerprint density at radius 3 is 2.74 bits per heavy atom. The van der Waals surface area contributed by atoms with E-state index in [1.807, 2.05) is 25.1 Å². The van der Waals surface area contributed by atoms with Crippen LogP contribution in [0.1, 0.15) is 49.9 Å². The first kappa shape index (κ1) is 14.0. The van der Waals surface area contributed by atoms with Crippen LogP contribution < -0.4 is 0 Å². The molecule has 1 aromatic heterocycles. The number of hydrogen-bond donors (Lipinski definition) is 1. The van der Waals surface area contributed by atoms with Crippen molar-refractivity contribution in [1.29, 1.82) is 0 Å². The lowest BCUT2D eigenvalue weighted by molar-refractivity contribution is -0.149. The summed E-state index contributed by atoms with van der Waals surface area (Å²) in [5.74, 6) is 0.396. The quantitative estimate of drug-likeness (QED) is 0.847. The first-order valence-corrected chi connectivity index (χ1v) is 6.98. The second kappa shape index (κ2) is 6.66. The highest BCUT2D eigenvalue weighted by Gasteiger charge is 2.28. The predicted molar refractivity (Wildman–Crippen MR) is 71.5 cm³/mol. The Hall–Kier alpha value is -1.42. The Labute approximate surface area is 113 Å². The van der Waals surface area contributed by atoms with E-state index in [0.717, 1.165) is 31.4 Å². The molecule has 2 rings (SSSR count). The van der Waals surface area contributed by atoms with Gasteiger partial charge >= 0.3 is 5.97 Å². The zero-order valence-electron chi connectivity index (χ0n) is 11.3. The molecule has 1 aliphatic rings. The van der Waals surface area contributed by atoms with Crippen molar-refractivity contribution in [2.45, 2.75) is 45.1 Å². The number of aromatic nitrogens is 1. The molecule has 104 valence electrons. The summed E-state index contributed by atoms with van der Waals surface area (Å²) in [5.41, 5.74) is 1.75. The predicted octanol–water partition coefficient (Wildman–Crippen LogP) is 2.41. The van der Waals surface area contributed by atoms with Gasteiger partial charge < -0.3 is 9.84 Å². The van der Waals surface area contributed by atoms with Gasteiger partial charge in [0.15, 0.2) is 0 Å². The van der Waals surface area contributed by atoms with Crippen LogP contribution in [0, 0.1) is 5.92 Å². The second-order valence-electron chi connectivity index (χ2n) is 5.01. The normalized spacial score (nSPS) is 23.1. The van der Waals surface area contributed by atoms with Gasteiger partial charge in [-0.15, -0.1) is 0 Å². The standard InChI is InChI=1S/C15H21NO3/c1-2-19-15(18)12-8-6-11(7-9-12)14-5-3-4-13(10-17)16-14/h3-5,11-12,17H,2,6-10H2,1H3. The number of carbonyl (C=O) groups is 1. The van der Waals surface area contributed by atoms with Gasteiger partial charge in [-0.2, -0.15) is 0 Å². The van der Waals surface area contributed by atoms with E-state index in [2.05, 4.69) is 4.98 Å². The van der Waals surface area contributed by atoms with Gasteiger partial charge in [0, 0.05) is 11.6 Å². The van der Waals surface area contributed by atoms with Crippen molar-refractivity contribution in [3.8, 4) is 0 Å². The maximum absolute atomic E-state index is 11.7. The van der Waals surface area contributed by atoms with Crippen LogP contribution in [0.5, 0.6) is 0 Å². The summed E-state index contributed by atoms with van der Waals surface area (Å²) in [4.78, 5) is 16.1. The minimum atomic E-state index is -0.0574. The Morgan fingerprint density at radius 2 is 2.11 bits per heavy atom. The highest BCUT2D eigenvalue weighted by Crippen LogP contribution is 2.35. The van der Waals surface area contributed by atoms with Gasteiger partial charge in [0.1, 0.15) is 0 Å². The molecule has 4 nitrogen and oxygen atoms in total. The van der Waals surface area contributed by atoms with Crippen LogP contribution in [0.4, 0.5) is 0 Å². The number of aliphatic hydroxyl groups is 1. The molecule has 0 aromatic carbocycles. The van der Waals surface area contributed by atoms with Gasteiger partial charge in [-0.05, 0) is 44.7 Å². The Bertz CT molecular complexity index is 425.